The Bertz CT molecular complexity index is 299. The lowest BCUT2D eigenvalue weighted by molar-refractivity contribution is -0.140. The van der Waals surface area contributed by atoms with Gasteiger partial charge in [0.25, 0.3) is 0 Å². The average Bonchev–Trinajstić information content (AvgIpc) is 2.39. The summed E-state index contributed by atoms with van der Waals surface area (Å²) in [5, 5.41) is 9.34. The van der Waals surface area contributed by atoms with Crippen LogP contribution in [0.15, 0.2) is 0 Å². The van der Waals surface area contributed by atoms with Crippen molar-refractivity contribution < 1.29 is 4.79 Å². The van der Waals surface area contributed by atoms with E-state index < -0.39 is 5.41 Å². The summed E-state index contributed by atoms with van der Waals surface area (Å²) in [6, 6.07) is 2.32. The molecule has 0 aromatic carbocycles. The largest absolute Gasteiger partial charge is 0.340 e. The summed E-state index contributed by atoms with van der Waals surface area (Å²) in [7, 11) is 0. The van der Waals surface area contributed by atoms with E-state index >= 15 is 0 Å². The fourth-order valence-electron chi connectivity index (χ4n) is 2.60. The van der Waals surface area contributed by atoms with Crippen molar-refractivity contribution in [2.45, 2.75) is 32.1 Å². The van der Waals surface area contributed by atoms with Gasteiger partial charge in [0, 0.05) is 24.6 Å². The quantitative estimate of drug-likeness (QED) is 0.702. The van der Waals surface area contributed by atoms with Crippen molar-refractivity contribution in [1.29, 1.82) is 5.26 Å². The molecule has 2 fully saturated rings. The van der Waals surface area contributed by atoms with E-state index in [4.69, 9.17) is 0 Å². The summed E-state index contributed by atoms with van der Waals surface area (Å²) in [5.41, 5.74) is -0.680. The monoisotopic (exact) mass is 238 g/mol. The van der Waals surface area contributed by atoms with E-state index in [0.717, 1.165) is 50.3 Å². The molecule has 1 amide bonds. The molecule has 4 heteroatoms. The van der Waals surface area contributed by atoms with Crippen molar-refractivity contribution in [2.24, 2.45) is 5.41 Å². The molecule has 88 valence electrons. The maximum Gasteiger partial charge on any atom is 0.243 e. The van der Waals surface area contributed by atoms with Crippen molar-refractivity contribution in [3.63, 3.8) is 0 Å². The van der Waals surface area contributed by atoms with Crippen LogP contribution in [0, 0.1) is 16.7 Å². The third kappa shape index (κ3) is 2.20. The van der Waals surface area contributed by atoms with Crippen molar-refractivity contribution in [1.82, 2.24) is 4.90 Å². The van der Waals surface area contributed by atoms with Gasteiger partial charge in [0.2, 0.25) is 5.91 Å². The molecule has 0 bridgehead atoms. The summed E-state index contributed by atoms with van der Waals surface area (Å²) in [6.07, 6.45) is 4.77. The standard InChI is InChI=1S/C12H18N2OS/c13-10-12(4-2-1-3-5-12)11(15)14-6-8-16-9-7-14/h1-9H2. The summed E-state index contributed by atoms with van der Waals surface area (Å²) in [6.45, 7) is 1.65. The molecule has 2 rings (SSSR count). The number of hydrogen-bond acceptors (Lipinski definition) is 3. The Morgan fingerprint density at radius 2 is 1.81 bits per heavy atom. The Hall–Kier alpha value is -0.690. The first-order valence-electron chi connectivity index (χ1n) is 6.07. The minimum Gasteiger partial charge on any atom is -0.340 e. The Balaban J connectivity index is 2.08. The smallest absolute Gasteiger partial charge is 0.243 e. The van der Waals surface area contributed by atoms with Crippen molar-refractivity contribution in [2.75, 3.05) is 24.6 Å². The Labute approximate surface area is 101 Å². The molecule has 0 spiro atoms. The van der Waals surface area contributed by atoms with Crippen LogP contribution in [0.4, 0.5) is 0 Å². The predicted octanol–water partition coefficient (Wildman–Crippen LogP) is 2.04. The second kappa shape index (κ2) is 5.09. The highest BCUT2D eigenvalue weighted by Crippen LogP contribution is 2.37. The zero-order valence-corrected chi connectivity index (χ0v) is 10.4. The second-order valence-electron chi connectivity index (χ2n) is 4.66. The SMILES string of the molecule is N#CC1(C(=O)N2CCSCC2)CCCCC1. The highest BCUT2D eigenvalue weighted by molar-refractivity contribution is 7.99. The van der Waals surface area contributed by atoms with Crippen LogP contribution in [0.1, 0.15) is 32.1 Å². The van der Waals surface area contributed by atoms with E-state index in [1.807, 2.05) is 16.7 Å². The number of thioether (sulfide) groups is 1. The van der Waals surface area contributed by atoms with Crippen molar-refractivity contribution >= 4 is 17.7 Å². The number of amides is 1. The lowest BCUT2D eigenvalue weighted by atomic mass is 9.74. The highest BCUT2D eigenvalue weighted by Gasteiger charge is 2.42. The minimum absolute atomic E-state index is 0.106. The molecule has 1 aliphatic heterocycles. The molecular weight excluding hydrogens is 220 g/mol. The number of hydrogen-bond donors (Lipinski definition) is 0. The average molecular weight is 238 g/mol. The van der Waals surface area contributed by atoms with Gasteiger partial charge in [-0.25, -0.2) is 0 Å². The van der Waals surface area contributed by atoms with Gasteiger partial charge < -0.3 is 4.90 Å². The molecule has 1 saturated heterocycles. The molecule has 2 aliphatic rings. The van der Waals surface area contributed by atoms with Crippen LogP contribution in [0.25, 0.3) is 0 Å². The van der Waals surface area contributed by atoms with Crippen molar-refractivity contribution in [3.8, 4) is 6.07 Å². The van der Waals surface area contributed by atoms with Crippen LogP contribution in [0.2, 0.25) is 0 Å². The summed E-state index contributed by atoms with van der Waals surface area (Å²) in [5.74, 6) is 2.15. The molecule has 0 radical (unpaired) electrons. The number of nitriles is 1. The first kappa shape index (κ1) is 11.8. The normalized spacial score (nSPS) is 24.8. The van der Waals surface area contributed by atoms with E-state index in [2.05, 4.69) is 6.07 Å². The third-order valence-electron chi connectivity index (χ3n) is 3.63. The van der Waals surface area contributed by atoms with Gasteiger partial charge >= 0.3 is 0 Å². The van der Waals surface area contributed by atoms with E-state index in [-0.39, 0.29) is 5.91 Å². The minimum atomic E-state index is -0.680. The molecule has 3 nitrogen and oxygen atoms in total. The summed E-state index contributed by atoms with van der Waals surface area (Å²) in [4.78, 5) is 14.3. The molecule has 0 unspecified atom stereocenters. The van der Waals surface area contributed by atoms with Gasteiger partial charge in [-0.3, -0.25) is 4.79 Å². The molecule has 1 heterocycles. The van der Waals surface area contributed by atoms with Crippen LogP contribution >= 0.6 is 11.8 Å². The number of carbonyl (C=O) groups is 1. The van der Waals surface area contributed by atoms with Crippen LogP contribution in [-0.2, 0) is 4.79 Å². The van der Waals surface area contributed by atoms with Crippen LogP contribution in [0.5, 0.6) is 0 Å². The Kier molecular flexibility index (Phi) is 3.75. The van der Waals surface area contributed by atoms with E-state index in [9.17, 15) is 10.1 Å². The van der Waals surface area contributed by atoms with E-state index in [1.165, 1.54) is 6.42 Å². The molecule has 0 aromatic rings. The lowest BCUT2D eigenvalue weighted by Crippen LogP contribution is -2.47. The van der Waals surface area contributed by atoms with Crippen LogP contribution in [0.3, 0.4) is 0 Å². The second-order valence-corrected chi connectivity index (χ2v) is 5.88. The first-order chi connectivity index (χ1) is 7.78. The summed E-state index contributed by atoms with van der Waals surface area (Å²) >= 11 is 1.89. The predicted molar refractivity (Wildman–Crippen MR) is 65.0 cm³/mol. The van der Waals surface area contributed by atoms with Crippen LogP contribution < -0.4 is 0 Å². The van der Waals surface area contributed by atoms with Gasteiger partial charge in [-0.15, -0.1) is 0 Å². The van der Waals surface area contributed by atoms with Gasteiger partial charge in [-0.05, 0) is 12.8 Å². The molecule has 16 heavy (non-hydrogen) atoms. The molecule has 1 aliphatic carbocycles. The molecule has 0 aromatic heterocycles. The Morgan fingerprint density at radius 1 is 1.19 bits per heavy atom. The maximum absolute atomic E-state index is 12.4. The van der Waals surface area contributed by atoms with E-state index in [1.54, 1.807) is 0 Å². The summed E-state index contributed by atoms with van der Waals surface area (Å²) < 4.78 is 0. The van der Waals surface area contributed by atoms with Gasteiger partial charge in [0.05, 0.1) is 6.07 Å². The zero-order valence-electron chi connectivity index (χ0n) is 9.57. The topological polar surface area (TPSA) is 44.1 Å². The van der Waals surface area contributed by atoms with E-state index in [0.29, 0.717) is 0 Å². The number of rotatable bonds is 1. The maximum atomic E-state index is 12.4. The third-order valence-corrected chi connectivity index (χ3v) is 4.57. The molecule has 0 N–H and O–H groups in total. The fourth-order valence-corrected chi connectivity index (χ4v) is 3.50. The molecule has 0 atom stereocenters. The van der Waals surface area contributed by atoms with Gasteiger partial charge in [-0.2, -0.15) is 17.0 Å². The zero-order chi connectivity index (χ0) is 11.4. The first-order valence-corrected chi connectivity index (χ1v) is 7.22. The Morgan fingerprint density at radius 3 is 2.38 bits per heavy atom. The lowest BCUT2D eigenvalue weighted by Gasteiger charge is -2.36. The van der Waals surface area contributed by atoms with Gasteiger partial charge in [-0.1, -0.05) is 19.3 Å². The highest BCUT2D eigenvalue weighted by atomic mass is 32.2. The molecular formula is C12H18N2OS. The molecule has 1 saturated carbocycles. The number of carbonyl (C=O) groups excluding carboxylic acids is 1. The van der Waals surface area contributed by atoms with Gasteiger partial charge in [0.15, 0.2) is 0 Å². The van der Waals surface area contributed by atoms with Gasteiger partial charge in [0.1, 0.15) is 5.41 Å². The van der Waals surface area contributed by atoms with Crippen molar-refractivity contribution in [3.05, 3.63) is 0 Å². The fraction of sp³-hybridized carbons (Fsp3) is 0.833. The van der Waals surface area contributed by atoms with Crippen LogP contribution in [-0.4, -0.2) is 35.4 Å². The number of nitrogens with zero attached hydrogens (tertiary/aromatic N) is 2.